The number of methoxy groups -OCH3 is 3. The lowest BCUT2D eigenvalue weighted by molar-refractivity contribution is -0.183. The maximum atomic E-state index is 13.7. The summed E-state index contributed by atoms with van der Waals surface area (Å²) in [4.78, 5) is 27.3. The van der Waals surface area contributed by atoms with E-state index in [2.05, 4.69) is 69.3 Å². The molecule has 0 radical (unpaired) electrons. The zero-order valence-electron chi connectivity index (χ0n) is 22.4. The lowest BCUT2D eigenvalue weighted by Crippen LogP contribution is -2.66. The zero-order chi connectivity index (χ0) is 26.1. The highest BCUT2D eigenvalue weighted by Gasteiger charge is 2.72. The molecule has 5 nitrogen and oxygen atoms in total. The molecule has 0 aromatic heterocycles. The largest absolute Gasteiger partial charge is 0.468 e. The number of ether oxygens (including phenoxy) is 3. The van der Waals surface area contributed by atoms with Crippen LogP contribution in [0.2, 0.25) is 11.1 Å². The van der Waals surface area contributed by atoms with Crippen LogP contribution < -0.4 is 10.4 Å². The molecule has 3 rings (SSSR count). The highest BCUT2D eigenvalue weighted by atomic mass is 28.3. The van der Waals surface area contributed by atoms with Crippen LogP contribution in [0.25, 0.3) is 0 Å². The second-order valence-electron chi connectivity index (χ2n) is 11.3. The Morgan fingerprint density at radius 3 is 1.63 bits per heavy atom. The van der Waals surface area contributed by atoms with Gasteiger partial charge in [0, 0.05) is 12.5 Å². The molecule has 2 atom stereocenters. The summed E-state index contributed by atoms with van der Waals surface area (Å²) >= 11 is 0. The number of rotatable bonds is 7. The van der Waals surface area contributed by atoms with Crippen molar-refractivity contribution in [2.24, 2.45) is 16.7 Å². The van der Waals surface area contributed by atoms with Crippen molar-refractivity contribution in [3.8, 4) is 0 Å². The number of benzene rings is 2. The summed E-state index contributed by atoms with van der Waals surface area (Å²) in [5, 5.41) is 2.44. The minimum atomic E-state index is -2.60. The molecule has 1 fully saturated rings. The first-order valence-electron chi connectivity index (χ1n) is 12.3. The van der Waals surface area contributed by atoms with Gasteiger partial charge in [0.2, 0.25) is 0 Å². The Morgan fingerprint density at radius 2 is 1.29 bits per heavy atom. The molecule has 0 N–H and O–H groups in total. The lowest BCUT2D eigenvalue weighted by atomic mass is 9.63. The molecule has 1 aliphatic rings. The van der Waals surface area contributed by atoms with Gasteiger partial charge in [0.1, 0.15) is 8.07 Å². The van der Waals surface area contributed by atoms with Crippen molar-refractivity contribution in [3.05, 3.63) is 60.7 Å². The Labute approximate surface area is 211 Å². The predicted octanol–water partition coefficient (Wildman–Crippen LogP) is 4.44. The first-order valence-corrected chi connectivity index (χ1v) is 14.5. The van der Waals surface area contributed by atoms with E-state index >= 15 is 0 Å². The third-order valence-corrected chi connectivity index (χ3v) is 14.9. The van der Waals surface area contributed by atoms with Gasteiger partial charge in [-0.05, 0) is 23.4 Å². The Morgan fingerprint density at radius 1 is 0.857 bits per heavy atom. The molecule has 0 unspecified atom stereocenters. The van der Waals surface area contributed by atoms with E-state index in [9.17, 15) is 9.59 Å². The summed E-state index contributed by atoms with van der Waals surface area (Å²) in [5.74, 6) is -1.41. The average molecular weight is 497 g/mol. The lowest BCUT2D eigenvalue weighted by Gasteiger charge is -2.48. The maximum absolute atomic E-state index is 13.7. The standard InChI is InChI=1S/C29H40O5Si/c1-27(2,3)35(22-15-11-9-12-16-22,23-17-13-10-14-18-23)20-21-19-24(32-6)28(4,5)29(21,25(30)33-7)26(31)34-8/h9-18,21,24H,19-20H2,1-8H3/t21-,24-/m0/s1. The minimum Gasteiger partial charge on any atom is -0.468 e. The van der Waals surface area contributed by atoms with Gasteiger partial charge in [0.05, 0.1) is 20.3 Å². The van der Waals surface area contributed by atoms with Crippen LogP contribution in [-0.4, -0.2) is 47.4 Å². The topological polar surface area (TPSA) is 61.8 Å². The molecular weight excluding hydrogens is 456 g/mol. The average Bonchev–Trinajstić information content (AvgIpc) is 3.07. The molecule has 0 aliphatic heterocycles. The fourth-order valence-electron chi connectivity index (χ4n) is 6.79. The molecule has 1 aliphatic carbocycles. The van der Waals surface area contributed by atoms with Crippen molar-refractivity contribution in [2.45, 2.75) is 58.2 Å². The number of hydrogen-bond donors (Lipinski definition) is 0. The number of esters is 2. The zero-order valence-corrected chi connectivity index (χ0v) is 23.4. The van der Waals surface area contributed by atoms with E-state index in [1.807, 2.05) is 26.0 Å². The molecule has 0 saturated heterocycles. The van der Waals surface area contributed by atoms with Crippen LogP contribution >= 0.6 is 0 Å². The normalized spacial score (nSPS) is 21.4. The first kappa shape index (κ1) is 27.1. The second-order valence-corrected chi connectivity index (χ2v) is 16.1. The van der Waals surface area contributed by atoms with Gasteiger partial charge < -0.3 is 14.2 Å². The molecule has 2 aromatic carbocycles. The highest BCUT2D eigenvalue weighted by Crippen LogP contribution is 2.61. The van der Waals surface area contributed by atoms with Crippen molar-refractivity contribution < 1.29 is 23.8 Å². The van der Waals surface area contributed by atoms with Gasteiger partial charge >= 0.3 is 11.9 Å². The fourth-order valence-corrected chi connectivity index (χ4v) is 12.7. The summed E-state index contributed by atoms with van der Waals surface area (Å²) in [6.07, 6.45) is 0.266. The molecule has 6 heteroatoms. The van der Waals surface area contributed by atoms with E-state index in [0.717, 1.165) is 0 Å². The molecule has 0 spiro atoms. The third-order valence-electron chi connectivity index (χ3n) is 8.60. The summed E-state index contributed by atoms with van der Waals surface area (Å²) < 4.78 is 16.6. The van der Waals surface area contributed by atoms with Crippen molar-refractivity contribution in [1.82, 2.24) is 0 Å². The van der Waals surface area contributed by atoms with Gasteiger partial charge in [0.15, 0.2) is 5.41 Å². The summed E-state index contributed by atoms with van der Waals surface area (Å²) in [7, 11) is 1.75. The Kier molecular flexibility index (Phi) is 7.68. The van der Waals surface area contributed by atoms with E-state index in [4.69, 9.17) is 14.2 Å². The molecule has 0 heterocycles. The number of carbonyl (C=O) groups is 2. The molecular formula is C29H40O5Si. The van der Waals surface area contributed by atoms with Crippen molar-refractivity contribution in [3.63, 3.8) is 0 Å². The molecule has 2 aromatic rings. The quantitative estimate of drug-likeness (QED) is 0.322. The van der Waals surface area contributed by atoms with E-state index in [0.29, 0.717) is 12.5 Å². The maximum Gasteiger partial charge on any atom is 0.324 e. The monoisotopic (exact) mass is 496 g/mol. The van der Waals surface area contributed by atoms with Gasteiger partial charge in [-0.15, -0.1) is 0 Å². The summed E-state index contributed by atoms with van der Waals surface area (Å²) in [6, 6.07) is 21.9. The van der Waals surface area contributed by atoms with Crippen LogP contribution in [0.4, 0.5) is 0 Å². The van der Waals surface area contributed by atoms with Crippen molar-refractivity contribution in [2.75, 3.05) is 21.3 Å². The minimum absolute atomic E-state index is 0.122. The van der Waals surface area contributed by atoms with Gasteiger partial charge in [0.25, 0.3) is 0 Å². The molecule has 190 valence electrons. The smallest absolute Gasteiger partial charge is 0.324 e. The van der Waals surface area contributed by atoms with E-state index in [-0.39, 0.29) is 17.1 Å². The molecule has 35 heavy (non-hydrogen) atoms. The Bertz CT molecular complexity index is 971. The van der Waals surface area contributed by atoms with Gasteiger partial charge in [-0.2, -0.15) is 0 Å². The van der Waals surface area contributed by atoms with Crippen molar-refractivity contribution in [1.29, 1.82) is 0 Å². The second kappa shape index (κ2) is 9.90. The van der Waals surface area contributed by atoms with Crippen molar-refractivity contribution >= 4 is 30.4 Å². The fraction of sp³-hybridized carbons (Fsp3) is 0.517. The van der Waals surface area contributed by atoms with E-state index in [1.165, 1.54) is 24.6 Å². The Hall–Kier alpha value is -2.44. The summed E-state index contributed by atoms with van der Waals surface area (Å²) in [5.41, 5.74) is -2.30. The van der Waals surface area contributed by atoms with Crippen LogP contribution in [0.1, 0.15) is 41.0 Å². The Balaban J connectivity index is 2.36. The van der Waals surface area contributed by atoms with E-state index < -0.39 is 30.8 Å². The van der Waals surface area contributed by atoms with Crippen LogP contribution in [0.3, 0.4) is 0 Å². The van der Waals surface area contributed by atoms with Crippen LogP contribution in [0.15, 0.2) is 60.7 Å². The van der Waals surface area contributed by atoms with Crippen LogP contribution in [-0.2, 0) is 23.8 Å². The first-order chi connectivity index (χ1) is 16.4. The SMILES string of the molecule is COC(=O)C1(C(=O)OC)[C@H](C[Si](c2ccccc2)(c2ccccc2)C(C)(C)C)C[C@H](OC)C1(C)C. The summed E-state index contributed by atoms with van der Waals surface area (Å²) in [6.45, 7) is 10.7. The van der Waals surface area contributed by atoms with Crippen LogP contribution in [0.5, 0.6) is 0 Å². The highest BCUT2D eigenvalue weighted by molar-refractivity contribution is 7.04. The van der Waals surface area contributed by atoms with Crippen LogP contribution in [0, 0.1) is 16.7 Å². The van der Waals surface area contributed by atoms with E-state index in [1.54, 1.807) is 7.11 Å². The van der Waals surface area contributed by atoms with Gasteiger partial charge in [-0.3, -0.25) is 9.59 Å². The van der Waals surface area contributed by atoms with Gasteiger partial charge in [-0.1, -0.05) is 106 Å². The van der Waals surface area contributed by atoms with Gasteiger partial charge in [-0.25, -0.2) is 0 Å². The molecule has 0 amide bonds. The predicted molar refractivity (Wildman–Crippen MR) is 142 cm³/mol. The molecule has 1 saturated carbocycles. The third kappa shape index (κ3) is 4.04. The number of carbonyl (C=O) groups excluding carboxylic acids is 2. The number of hydrogen-bond acceptors (Lipinski definition) is 5. The molecule has 0 bridgehead atoms.